The summed E-state index contributed by atoms with van der Waals surface area (Å²) in [6.07, 6.45) is 0.404. The molecule has 1 aliphatic heterocycles. The van der Waals surface area contributed by atoms with Crippen molar-refractivity contribution in [3.63, 3.8) is 0 Å². The lowest BCUT2D eigenvalue weighted by atomic mass is 10.2. The van der Waals surface area contributed by atoms with Gasteiger partial charge in [0, 0.05) is 5.02 Å². The number of aliphatic carboxylic acids is 1. The van der Waals surface area contributed by atoms with Gasteiger partial charge in [-0.05, 0) is 18.1 Å². The molecular weight excluding hydrogens is 326 g/mol. The van der Waals surface area contributed by atoms with Crippen LogP contribution < -0.4 is 0 Å². The molecule has 0 amide bonds. The molecule has 1 aromatic carbocycles. The van der Waals surface area contributed by atoms with Crippen LogP contribution in [0.1, 0.15) is 5.56 Å². The van der Waals surface area contributed by atoms with Gasteiger partial charge in [-0.25, -0.2) is 9.59 Å². The molecule has 126 valence electrons. The molecule has 1 atom stereocenters. The number of carboxylic acid groups (broad SMARTS) is 1. The molecule has 1 N–H and O–H groups in total. The van der Waals surface area contributed by atoms with Crippen molar-refractivity contribution >= 4 is 23.5 Å². The minimum absolute atomic E-state index is 0.269. The summed E-state index contributed by atoms with van der Waals surface area (Å²) in [5.74, 6) is -2.92. The summed E-state index contributed by atoms with van der Waals surface area (Å²) in [5.41, 5.74) is 1.01. The highest BCUT2D eigenvalue weighted by molar-refractivity contribution is 6.31. The number of hydrogen-bond acceptors (Lipinski definition) is 6. The first-order valence-corrected chi connectivity index (χ1v) is 7.57. The number of carbonyl (C=O) groups is 2. The number of carboxylic acids is 1. The van der Waals surface area contributed by atoms with Gasteiger partial charge in [0.1, 0.15) is 0 Å². The molecule has 0 radical (unpaired) electrons. The Bertz CT molecular complexity index is 553. The van der Waals surface area contributed by atoms with E-state index in [1.165, 1.54) is 5.06 Å². The number of halogens is 1. The van der Waals surface area contributed by atoms with Crippen LogP contribution in [0.5, 0.6) is 0 Å². The Labute approximate surface area is 138 Å². The summed E-state index contributed by atoms with van der Waals surface area (Å²) >= 11 is 6.06. The van der Waals surface area contributed by atoms with Crippen LogP contribution in [0.4, 0.5) is 0 Å². The van der Waals surface area contributed by atoms with Crippen LogP contribution in [0.15, 0.2) is 24.3 Å². The summed E-state index contributed by atoms with van der Waals surface area (Å²) in [6, 6.07) is 7.56. The second-order valence-corrected chi connectivity index (χ2v) is 5.39. The third-order valence-corrected chi connectivity index (χ3v) is 3.63. The smallest absolute Gasteiger partial charge is 0.436 e. The van der Waals surface area contributed by atoms with Crippen LogP contribution in [0.25, 0.3) is 0 Å². The number of hydrogen-bond donors (Lipinski definition) is 1. The summed E-state index contributed by atoms with van der Waals surface area (Å²) in [5, 5.41) is 10.5. The Hall–Kier alpha value is -1.67. The molecule has 0 aliphatic carbocycles. The van der Waals surface area contributed by atoms with Crippen molar-refractivity contribution in [2.24, 2.45) is 0 Å². The third-order valence-electron chi connectivity index (χ3n) is 3.27. The average Bonchev–Trinajstić information content (AvgIpc) is 2.53. The van der Waals surface area contributed by atoms with Gasteiger partial charge in [-0.1, -0.05) is 29.8 Å². The normalized spacial score (nSPS) is 18.6. The van der Waals surface area contributed by atoms with Crippen LogP contribution in [-0.2, 0) is 30.3 Å². The lowest BCUT2D eigenvalue weighted by Crippen LogP contribution is -2.46. The SMILES string of the molecule is O=C(O)C(=O)ON1CCOC(COCCc2ccccc2Cl)C1. The first-order chi connectivity index (χ1) is 11.1. The van der Waals surface area contributed by atoms with E-state index in [1.807, 2.05) is 24.3 Å². The number of nitrogens with zero attached hydrogens (tertiary/aromatic N) is 1. The van der Waals surface area contributed by atoms with Gasteiger partial charge < -0.3 is 19.4 Å². The fraction of sp³-hybridized carbons (Fsp3) is 0.467. The molecule has 0 aromatic heterocycles. The Balaban J connectivity index is 1.68. The minimum Gasteiger partial charge on any atom is -0.473 e. The van der Waals surface area contributed by atoms with Crippen LogP contribution >= 0.6 is 11.6 Å². The Kier molecular flexibility index (Phi) is 6.79. The average molecular weight is 344 g/mol. The van der Waals surface area contributed by atoms with Gasteiger partial charge in [0.15, 0.2) is 0 Å². The maximum Gasteiger partial charge on any atom is 0.436 e. The summed E-state index contributed by atoms with van der Waals surface area (Å²) in [6.45, 7) is 1.75. The Morgan fingerprint density at radius 1 is 1.39 bits per heavy atom. The molecule has 23 heavy (non-hydrogen) atoms. The molecule has 0 saturated carbocycles. The number of rotatable bonds is 6. The molecule has 1 aromatic rings. The summed E-state index contributed by atoms with van der Waals surface area (Å²) in [4.78, 5) is 26.2. The molecule has 1 aliphatic rings. The van der Waals surface area contributed by atoms with E-state index in [0.29, 0.717) is 37.8 Å². The lowest BCUT2D eigenvalue weighted by Gasteiger charge is -2.30. The maximum atomic E-state index is 11.0. The van der Waals surface area contributed by atoms with Crippen molar-refractivity contribution in [2.45, 2.75) is 12.5 Å². The predicted octanol–water partition coefficient (Wildman–Crippen LogP) is 1.14. The summed E-state index contributed by atoms with van der Waals surface area (Å²) < 4.78 is 11.1. The van der Waals surface area contributed by atoms with Crippen LogP contribution in [-0.4, -0.2) is 61.1 Å². The topological polar surface area (TPSA) is 85.3 Å². The largest absolute Gasteiger partial charge is 0.473 e. The maximum absolute atomic E-state index is 11.0. The molecular formula is C15H18ClNO6. The minimum atomic E-state index is -1.62. The predicted molar refractivity (Wildman–Crippen MR) is 81.0 cm³/mol. The number of carbonyl (C=O) groups excluding carboxylic acids is 1. The third kappa shape index (κ3) is 5.80. The van der Waals surface area contributed by atoms with Crippen molar-refractivity contribution in [1.82, 2.24) is 5.06 Å². The molecule has 8 heteroatoms. The van der Waals surface area contributed by atoms with Gasteiger partial charge >= 0.3 is 11.9 Å². The van der Waals surface area contributed by atoms with Crippen molar-refractivity contribution in [3.8, 4) is 0 Å². The second-order valence-electron chi connectivity index (χ2n) is 4.98. The standard InChI is InChI=1S/C15H18ClNO6/c16-13-4-2-1-3-11(13)5-7-21-10-12-9-17(6-8-22-12)23-15(20)14(18)19/h1-4,12H,5-10H2,(H,18,19). The van der Waals surface area contributed by atoms with Gasteiger partial charge in [0.05, 0.1) is 39.0 Å². The highest BCUT2D eigenvalue weighted by atomic mass is 35.5. The van der Waals surface area contributed by atoms with E-state index in [1.54, 1.807) is 0 Å². The van der Waals surface area contributed by atoms with E-state index >= 15 is 0 Å². The quantitative estimate of drug-likeness (QED) is 0.612. The van der Waals surface area contributed by atoms with Crippen molar-refractivity contribution in [2.75, 3.05) is 32.9 Å². The first-order valence-electron chi connectivity index (χ1n) is 7.19. The zero-order chi connectivity index (χ0) is 16.7. The molecule has 2 rings (SSSR count). The number of ether oxygens (including phenoxy) is 2. The van der Waals surface area contributed by atoms with Crippen molar-refractivity contribution in [1.29, 1.82) is 0 Å². The van der Waals surface area contributed by atoms with Crippen LogP contribution in [0, 0.1) is 0 Å². The van der Waals surface area contributed by atoms with E-state index in [4.69, 9.17) is 31.0 Å². The molecule has 1 fully saturated rings. The van der Waals surface area contributed by atoms with Gasteiger partial charge in [0.25, 0.3) is 0 Å². The molecule has 1 saturated heterocycles. The monoisotopic (exact) mass is 343 g/mol. The number of benzene rings is 1. The van der Waals surface area contributed by atoms with Crippen LogP contribution in [0.2, 0.25) is 5.02 Å². The fourth-order valence-electron chi connectivity index (χ4n) is 2.13. The van der Waals surface area contributed by atoms with Gasteiger partial charge in [0.2, 0.25) is 0 Å². The lowest BCUT2D eigenvalue weighted by molar-refractivity contribution is -0.221. The number of morpholine rings is 1. The molecule has 1 unspecified atom stereocenters. The first kappa shape index (κ1) is 17.7. The van der Waals surface area contributed by atoms with E-state index in [-0.39, 0.29) is 12.6 Å². The molecule has 0 spiro atoms. The van der Waals surface area contributed by atoms with E-state index < -0.39 is 11.9 Å². The highest BCUT2D eigenvalue weighted by Gasteiger charge is 2.26. The second kappa shape index (κ2) is 8.83. The molecule has 1 heterocycles. The van der Waals surface area contributed by atoms with Crippen LogP contribution in [0.3, 0.4) is 0 Å². The summed E-state index contributed by atoms with van der Waals surface area (Å²) in [7, 11) is 0. The van der Waals surface area contributed by atoms with E-state index in [9.17, 15) is 9.59 Å². The highest BCUT2D eigenvalue weighted by Crippen LogP contribution is 2.15. The Morgan fingerprint density at radius 3 is 2.91 bits per heavy atom. The zero-order valence-electron chi connectivity index (χ0n) is 12.4. The zero-order valence-corrected chi connectivity index (χ0v) is 13.2. The van der Waals surface area contributed by atoms with Gasteiger partial charge in [-0.3, -0.25) is 0 Å². The van der Waals surface area contributed by atoms with Gasteiger partial charge in [-0.2, -0.15) is 0 Å². The molecule has 7 nitrogen and oxygen atoms in total. The van der Waals surface area contributed by atoms with Gasteiger partial charge in [-0.15, -0.1) is 5.06 Å². The van der Waals surface area contributed by atoms with E-state index in [0.717, 1.165) is 5.56 Å². The number of hydroxylamine groups is 2. The van der Waals surface area contributed by atoms with E-state index in [2.05, 4.69) is 0 Å². The van der Waals surface area contributed by atoms with Crippen molar-refractivity contribution < 1.29 is 29.0 Å². The molecule has 0 bridgehead atoms. The fourth-order valence-corrected chi connectivity index (χ4v) is 2.36. The van der Waals surface area contributed by atoms with Crippen molar-refractivity contribution in [3.05, 3.63) is 34.9 Å². The Morgan fingerprint density at radius 2 is 2.17 bits per heavy atom.